The molecule has 6 heteroatoms. The Labute approximate surface area is 123 Å². The van der Waals surface area contributed by atoms with Gasteiger partial charge in [0.2, 0.25) is 5.89 Å². The van der Waals surface area contributed by atoms with Crippen LogP contribution in [0.4, 0.5) is 0 Å². The van der Waals surface area contributed by atoms with Gasteiger partial charge in [0.1, 0.15) is 5.01 Å². The Hall–Kier alpha value is -1.27. The molecular weight excluding hydrogens is 272 g/mol. The van der Waals surface area contributed by atoms with Gasteiger partial charge in [-0.2, -0.15) is 4.98 Å². The van der Waals surface area contributed by atoms with Crippen LogP contribution in [0, 0.1) is 18.8 Å². The molecule has 0 amide bonds. The molecule has 0 saturated heterocycles. The summed E-state index contributed by atoms with van der Waals surface area (Å²) in [5.74, 6) is 2.42. The van der Waals surface area contributed by atoms with E-state index in [9.17, 15) is 0 Å². The maximum Gasteiger partial charge on any atom is 0.226 e. The van der Waals surface area contributed by atoms with Crippen molar-refractivity contribution in [2.75, 3.05) is 6.54 Å². The topological polar surface area (TPSA) is 77.8 Å². The van der Waals surface area contributed by atoms with Crippen LogP contribution in [-0.2, 0) is 12.8 Å². The van der Waals surface area contributed by atoms with E-state index in [2.05, 4.69) is 29.0 Å². The summed E-state index contributed by atoms with van der Waals surface area (Å²) in [6.07, 6.45) is 2.48. The number of hydrogen-bond acceptors (Lipinski definition) is 6. The lowest BCUT2D eigenvalue weighted by atomic mass is 9.94. The molecule has 0 saturated carbocycles. The highest BCUT2D eigenvalue weighted by molar-refractivity contribution is 7.09. The van der Waals surface area contributed by atoms with E-state index in [1.54, 1.807) is 11.3 Å². The second-order valence-electron chi connectivity index (χ2n) is 5.60. The fourth-order valence-corrected chi connectivity index (χ4v) is 3.01. The molecule has 2 aromatic heterocycles. The molecule has 0 radical (unpaired) electrons. The Morgan fingerprint density at radius 3 is 2.75 bits per heavy atom. The molecule has 1 atom stereocenters. The highest BCUT2D eigenvalue weighted by Gasteiger charge is 2.15. The maximum atomic E-state index is 5.80. The average Bonchev–Trinajstić information content (AvgIpc) is 2.98. The molecule has 0 spiro atoms. The van der Waals surface area contributed by atoms with Crippen LogP contribution in [-0.4, -0.2) is 21.7 Å². The summed E-state index contributed by atoms with van der Waals surface area (Å²) >= 11 is 1.63. The summed E-state index contributed by atoms with van der Waals surface area (Å²) in [4.78, 5) is 8.85. The van der Waals surface area contributed by atoms with E-state index in [4.69, 9.17) is 10.3 Å². The number of nitrogens with zero attached hydrogens (tertiary/aromatic N) is 3. The fourth-order valence-electron chi connectivity index (χ4n) is 2.24. The first-order valence-corrected chi connectivity index (χ1v) is 7.87. The normalized spacial score (nSPS) is 13.1. The lowest BCUT2D eigenvalue weighted by Crippen LogP contribution is -2.19. The van der Waals surface area contributed by atoms with Gasteiger partial charge in [-0.3, -0.25) is 0 Å². The van der Waals surface area contributed by atoms with Crippen LogP contribution < -0.4 is 5.73 Å². The van der Waals surface area contributed by atoms with E-state index in [0.717, 1.165) is 23.5 Å². The fraction of sp³-hybridized carbons (Fsp3) is 0.643. The predicted octanol–water partition coefficient (Wildman–Crippen LogP) is 2.59. The van der Waals surface area contributed by atoms with Gasteiger partial charge < -0.3 is 10.3 Å². The SMILES string of the molecule is Cc1csc(Cc2noc(CC(CN)CC(C)C)n2)n1. The number of hydrogen-bond donors (Lipinski definition) is 1. The predicted molar refractivity (Wildman–Crippen MR) is 79.7 cm³/mol. The van der Waals surface area contributed by atoms with Crippen LogP contribution in [0.2, 0.25) is 0 Å². The molecule has 0 aromatic carbocycles. The molecule has 110 valence electrons. The lowest BCUT2D eigenvalue weighted by Gasteiger charge is -2.14. The van der Waals surface area contributed by atoms with Crippen molar-refractivity contribution in [3.63, 3.8) is 0 Å². The standard InChI is InChI=1S/C14H22N4OS/c1-9(2)4-11(7-15)5-13-17-12(18-19-13)6-14-16-10(3)8-20-14/h8-9,11H,4-7,15H2,1-3H3. The highest BCUT2D eigenvalue weighted by atomic mass is 32.1. The van der Waals surface area contributed by atoms with Gasteiger partial charge in [-0.15, -0.1) is 11.3 Å². The van der Waals surface area contributed by atoms with E-state index >= 15 is 0 Å². The smallest absolute Gasteiger partial charge is 0.226 e. The number of rotatable bonds is 7. The van der Waals surface area contributed by atoms with Gasteiger partial charge in [-0.25, -0.2) is 4.98 Å². The maximum absolute atomic E-state index is 5.80. The summed E-state index contributed by atoms with van der Waals surface area (Å²) in [5, 5.41) is 7.08. The van der Waals surface area contributed by atoms with Crippen LogP contribution in [0.15, 0.2) is 9.90 Å². The summed E-state index contributed by atoms with van der Waals surface area (Å²) in [6, 6.07) is 0. The van der Waals surface area contributed by atoms with E-state index in [1.165, 1.54) is 0 Å². The third-order valence-electron chi connectivity index (χ3n) is 3.09. The molecule has 0 aliphatic heterocycles. The third kappa shape index (κ3) is 4.38. The Balaban J connectivity index is 1.94. The third-order valence-corrected chi connectivity index (χ3v) is 4.05. The highest BCUT2D eigenvalue weighted by Crippen LogP contribution is 2.17. The molecule has 20 heavy (non-hydrogen) atoms. The summed E-state index contributed by atoms with van der Waals surface area (Å²) < 4.78 is 5.32. The minimum Gasteiger partial charge on any atom is -0.339 e. The second-order valence-corrected chi connectivity index (χ2v) is 6.54. The van der Waals surface area contributed by atoms with Crippen LogP contribution in [0.25, 0.3) is 0 Å². The number of aryl methyl sites for hydroxylation is 1. The van der Waals surface area contributed by atoms with Gasteiger partial charge in [0.15, 0.2) is 5.82 Å². The van der Waals surface area contributed by atoms with Crippen molar-refractivity contribution in [1.29, 1.82) is 0 Å². The van der Waals surface area contributed by atoms with Crippen molar-refractivity contribution in [3.05, 3.63) is 27.8 Å². The molecule has 0 bridgehead atoms. The number of thiazole rings is 1. The van der Waals surface area contributed by atoms with Crippen molar-refractivity contribution >= 4 is 11.3 Å². The van der Waals surface area contributed by atoms with Crippen LogP contribution in [0.5, 0.6) is 0 Å². The summed E-state index contributed by atoms with van der Waals surface area (Å²) in [5.41, 5.74) is 6.84. The Bertz CT molecular complexity index is 535. The zero-order valence-electron chi connectivity index (χ0n) is 12.3. The summed E-state index contributed by atoms with van der Waals surface area (Å²) in [7, 11) is 0. The van der Waals surface area contributed by atoms with Gasteiger partial charge in [0, 0.05) is 17.5 Å². The van der Waals surface area contributed by atoms with E-state index in [-0.39, 0.29) is 0 Å². The van der Waals surface area contributed by atoms with Gasteiger partial charge in [0.25, 0.3) is 0 Å². The number of nitrogens with two attached hydrogens (primary N) is 1. The van der Waals surface area contributed by atoms with E-state index in [1.807, 2.05) is 12.3 Å². The molecule has 0 fully saturated rings. The lowest BCUT2D eigenvalue weighted by molar-refractivity contribution is 0.329. The summed E-state index contributed by atoms with van der Waals surface area (Å²) in [6.45, 7) is 7.04. The number of aromatic nitrogens is 3. The molecule has 2 heterocycles. The first kappa shape index (κ1) is 15.1. The monoisotopic (exact) mass is 294 g/mol. The van der Waals surface area contributed by atoms with Gasteiger partial charge in [-0.1, -0.05) is 19.0 Å². The van der Waals surface area contributed by atoms with Gasteiger partial charge >= 0.3 is 0 Å². The first-order chi connectivity index (χ1) is 9.56. The largest absolute Gasteiger partial charge is 0.339 e. The van der Waals surface area contributed by atoms with Crippen molar-refractivity contribution in [2.24, 2.45) is 17.6 Å². The van der Waals surface area contributed by atoms with Crippen LogP contribution >= 0.6 is 11.3 Å². The molecule has 5 nitrogen and oxygen atoms in total. The molecular formula is C14H22N4OS. The van der Waals surface area contributed by atoms with Crippen LogP contribution in [0.3, 0.4) is 0 Å². The molecule has 0 aliphatic carbocycles. The minimum atomic E-state index is 0.408. The molecule has 1 unspecified atom stereocenters. The van der Waals surface area contributed by atoms with E-state index in [0.29, 0.717) is 36.5 Å². The van der Waals surface area contributed by atoms with Crippen molar-refractivity contribution in [2.45, 2.75) is 40.0 Å². The van der Waals surface area contributed by atoms with Gasteiger partial charge in [-0.05, 0) is 31.7 Å². The average molecular weight is 294 g/mol. The molecule has 2 rings (SSSR count). The zero-order valence-corrected chi connectivity index (χ0v) is 13.1. The first-order valence-electron chi connectivity index (χ1n) is 6.99. The van der Waals surface area contributed by atoms with E-state index < -0.39 is 0 Å². The Morgan fingerprint density at radius 2 is 2.15 bits per heavy atom. The second kappa shape index (κ2) is 6.95. The molecule has 2 N–H and O–H groups in total. The quantitative estimate of drug-likeness (QED) is 0.849. The van der Waals surface area contributed by atoms with Crippen molar-refractivity contribution in [1.82, 2.24) is 15.1 Å². The Morgan fingerprint density at radius 1 is 1.35 bits per heavy atom. The molecule has 2 aromatic rings. The van der Waals surface area contributed by atoms with Crippen molar-refractivity contribution in [3.8, 4) is 0 Å². The minimum absolute atomic E-state index is 0.408. The van der Waals surface area contributed by atoms with Crippen molar-refractivity contribution < 1.29 is 4.52 Å². The van der Waals surface area contributed by atoms with Crippen LogP contribution in [0.1, 0.15) is 42.7 Å². The van der Waals surface area contributed by atoms with Gasteiger partial charge in [0.05, 0.1) is 6.42 Å². The zero-order chi connectivity index (χ0) is 14.5. The Kier molecular flexibility index (Phi) is 5.25. The molecule has 0 aliphatic rings.